The second-order valence-electron chi connectivity index (χ2n) is 4.84. The van der Waals surface area contributed by atoms with E-state index < -0.39 is 0 Å². The molecule has 0 amide bonds. The highest BCUT2D eigenvalue weighted by atomic mass is 16.5. The molecule has 0 fully saturated rings. The van der Waals surface area contributed by atoms with Crippen LogP contribution in [0.5, 0.6) is 5.88 Å². The number of nitrogens with one attached hydrogen (secondary N) is 1. The van der Waals surface area contributed by atoms with Crippen LogP contribution in [0.15, 0.2) is 36.4 Å². The lowest BCUT2D eigenvalue weighted by Gasteiger charge is -2.15. The van der Waals surface area contributed by atoms with Crippen molar-refractivity contribution in [2.24, 2.45) is 0 Å². The molecule has 1 N–H and O–H groups in total. The summed E-state index contributed by atoms with van der Waals surface area (Å²) < 4.78 is 5.44. The average molecular weight is 271 g/mol. The Labute approximate surface area is 120 Å². The molecule has 4 nitrogen and oxygen atoms in total. The van der Waals surface area contributed by atoms with Gasteiger partial charge in [0.05, 0.1) is 6.61 Å². The smallest absolute Gasteiger partial charge is 0.226 e. The van der Waals surface area contributed by atoms with Crippen molar-refractivity contribution in [2.75, 3.05) is 11.9 Å². The fraction of sp³-hybridized carbons (Fsp3) is 0.375. The molecular weight excluding hydrogens is 250 g/mol. The van der Waals surface area contributed by atoms with E-state index in [1.807, 2.05) is 26.0 Å². The molecule has 1 heterocycles. The molecule has 0 saturated heterocycles. The maximum absolute atomic E-state index is 5.44. The van der Waals surface area contributed by atoms with E-state index in [9.17, 15) is 0 Å². The number of hydrogen-bond donors (Lipinski definition) is 1. The van der Waals surface area contributed by atoms with Crippen molar-refractivity contribution in [3.63, 3.8) is 0 Å². The summed E-state index contributed by atoms with van der Waals surface area (Å²) in [5.41, 5.74) is 2.20. The molecule has 0 aliphatic heterocycles. The Morgan fingerprint density at radius 1 is 1.20 bits per heavy atom. The molecule has 4 heteroatoms. The van der Waals surface area contributed by atoms with Crippen LogP contribution < -0.4 is 10.1 Å². The topological polar surface area (TPSA) is 47.0 Å². The van der Waals surface area contributed by atoms with Gasteiger partial charge in [0.15, 0.2) is 0 Å². The zero-order chi connectivity index (χ0) is 14.4. The van der Waals surface area contributed by atoms with Gasteiger partial charge in [0.25, 0.3) is 0 Å². The molecule has 2 aromatic rings. The molecule has 0 spiro atoms. The molecule has 20 heavy (non-hydrogen) atoms. The second-order valence-corrected chi connectivity index (χ2v) is 4.84. The molecule has 1 aromatic carbocycles. The van der Waals surface area contributed by atoms with Crippen LogP contribution in [-0.4, -0.2) is 22.6 Å². The first-order valence-corrected chi connectivity index (χ1v) is 6.96. The molecule has 106 valence electrons. The largest absolute Gasteiger partial charge is 0.478 e. The third kappa shape index (κ3) is 4.23. The summed E-state index contributed by atoms with van der Waals surface area (Å²) in [6, 6.07) is 12.5. The van der Waals surface area contributed by atoms with Crippen LogP contribution in [0, 0.1) is 6.92 Å². The number of aromatic nitrogens is 2. The Balaban J connectivity index is 2.02. The lowest BCUT2D eigenvalue weighted by molar-refractivity contribution is 0.326. The van der Waals surface area contributed by atoms with E-state index in [4.69, 9.17) is 4.74 Å². The van der Waals surface area contributed by atoms with Crippen molar-refractivity contribution >= 4 is 5.95 Å². The van der Waals surface area contributed by atoms with Gasteiger partial charge in [-0.1, -0.05) is 30.3 Å². The van der Waals surface area contributed by atoms with Gasteiger partial charge in [-0.05, 0) is 32.8 Å². The number of nitrogens with zero attached hydrogens (tertiary/aromatic N) is 2. The van der Waals surface area contributed by atoms with E-state index in [1.54, 1.807) is 0 Å². The van der Waals surface area contributed by atoms with Gasteiger partial charge in [-0.3, -0.25) is 0 Å². The van der Waals surface area contributed by atoms with Crippen LogP contribution in [0.3, 0.4) is 0 Å². The fourth-order valence-corrected chi connectivity index (χ4v) is 2.07. The highest BCUT2D eigenvalue weighted by Crippen LogP contribution is 2.13. The third-order valence-corrected chi connectivity index (χ3v) is 2.88. The van der Waals surface area contributed by atoms with Gasteiger partial charge >= 0.3 is 0 Å². The summed E-state index contributed by atoms with van der Waals surface area (Å²) in [7, 11) is 0. The number of ether oxygens (including phenoxy) is 1. The average Bonchev–Trinajstić information content (AvgIpc) is 2.39. The molecular formula is C16H21N3O. The first kappa shape index (κ1) is 14.3. The Bertz CT molecular complexity index is 543. The van der Waals surface area contributed by atoms with Crippen LogP contribution in [0.4, 0.5) is 5.95 Å². The predicted molar refractivity (Wildman–Crippen MR) is 81.2 cm³/mol. The molecule has 1 unspecified atom stereocenters. The molecule has 0 bridgehead atoms. The Hall–Kier alpha value is -2.10. The van der Waals surface area contributed by atoms with Crippen LogP contribution in [-0.2, 0) is 6.42 Å². The molecule has 0 radical (unpaired) electrons. The van der Waals surface area contributed by atoms with Gasteiger partial charge in [-0.25, -0.2) is 4.98 Å². The lowest BCUT2D eigenvalue weighted by atomic mass is 10.1. The van der Waals surface area contributed by atoms with Gasteiger partial charge in [-0.15, -0.1) is 0 Å². The minimum absolute atomic E-state index is 0.258. The standard InChI is InChI=1S/C16H21N3O/c1-4-20-15-11-13(3)18-16(19-15)17-12(2)10-14-8-6-5-7-9-14/h5-9,11-12H,4,10H2,1-3H3,(H,17,18,19). The summed E-state index contributed by atoms with van der Waals surface area (Å²) in [4.78, 5) is 8.76. The fourth-order valence-electron chi connectivity index (χ4n) is 2.07. The zero-order valence-corrected chi connectivity index (χ0v) is 12.3. The van der Waals surface area contributed by atoms with Crippen LogP contribution in [0.2, 0.25) is 0 Å². The van der Waals surface area contributed by atoms with Crippen LogP contribution in [0.1, 0.15) is 25.1 Å². The minimum atomic E-state index is 0.258. The summed E-state index contributed by atoms with van der Waals surface area (Å²) in [6.07, 6.45) is 0.933. The van der Waals surface area contributed by atoms with Gasteiger partial charge in [-0.2, -0.15) is 4.98 Å². The van der Waals surface area contributed by atoms with E-state index in [1.165, 1.54) is 5.56 Å². The number of anilines is 1. The summed E-state index contributed by atoms with van der Waals surface area (Å²) >= 11 is 0. The van der Waals surface area contributed by atoms with E-state index in [0.717, 1.165) is 12.1 Å². The number of benzene rings is 1. The Morgan fingerprint density at radius 3 is 2.65 bits per heavy atom. The Morgan fingerprint density at radius 2 is 1.95 bits per heavy atom. The summed E-state index contributed by atoms with van der Waals surface area (Å²) in [5, 5.41) is 3.33. The summed E-state index contributed by atoms with van der Waals surface area (Å²) in [5.74, 6) is 1.24. The zero-order valence-electron chi connectivity index (χ0n) is 12.3. The van der Waals surface area contributed by atoms with E-state index >= 15 is 0 Å². The number of hydrogen-bond acceptors (Lipinski definition) is 4. The molecule has 2 rings (SSSR count). The normalized spacial score (nSPS) is 11.9. The molecule has 0 aliphatic carbocycles. The second kappa shape index (κ2) is 6.89. The lowest BCUT2D eigenvalue weighted by Crippen LogP contribution is -2.20. The van der Waals surface area contributed by atoms with E-state index in [-0.39, 0.29) is 6.04 Å². The van der Waals surface area contributed by atoms with Gasteiger partial charge in [0, 0.05) is 17.8 Å². The monoisotopic (exact) mass is 271 g/mol. The van der Waals surface area contributed by atoms with Crippen LogP contribution >= 0.6 is 0 Å². The quantitative estimate of drug-likeness (QED) is 0.876. The first-order chi connectivity index (χ1) is 9.67. The van der Waals surface area contributed by atoms with Gasteiger partial charge in [0.2, 0.25) is 11.8 Å². The molecule has 0 aliphatic rings. The van der Waals surface area contributed by atoms with Crippen molar-refractivity contribution in [3.05, 3.63) is 47.7 Å². The third-order valence-electron chi connectivity index (χ3n) is 2.88. The maximum atomic E-state index is 5.44. The minimum Gasteiger partial charge on any atom is -0.478 e. The molecule has 1 aromatic heterocycles. The highest BCUT2D eigenvalue weighted by molar-refractivity contribution is 5.32. The van der Waals surface area contributed by atoms with Crippen LogP contribution in [0.25, 0.3) is 0 Å². The Kier molecular flexibility index (Phi) is 4.93. The van der Waals surface area contributed by atoms with E-state index in [2.05, 4.69) is 46.5 Å². The van der Waals surface area contributed by atoms with Crippen molar-refractivity contribution in [2.45, 2.75) is 33.2 Å². The predicted octanol–water partition coefficient (Wildman–Crippen LogP) is 3.23. The SMILES string of the molecule is CCOc1cc(C)nc(NC(C)Cc2ccccc2)n1. The van der Waals surface area contributed by atoms with E-state index in [0.29, 0.717) is 18.4 Å². The maximum Gasteiger partial charge on any atom is 0.226 e. The van der Waals surface area contributed by atoms with Gasteiger partial charge in [0.1, 0.15) is 0 Å². The van der Waals surface area contributed by atoms with Gasteiger partial charge < -0.3 is 10.1 Å². The van der Waals surface area contributed by atoms with Crippen molar-refractivity contribution in [1.82, 2.24) is 9.97 Å². The number of aryl methyl sites for hydroxylation is 1. The highest BCUT2D eigenvalue weighted by Gasteiger charge is 2.07. The van der Waals surface area contributed by atoms with Crippen molar-refractivity contribution in [3.8, 4) is 5.88 Å². The molecule has 0 saturated carbocycles. The van der Waals surface area contributed by atoms with Crippen molar-refractivity contribution in [1.29, 1.82) is 0 Å². The summed E-state index contributed by atoms with van der Waals surface area (Å²) in [6.45, 7) is 6.62. The van der Waals surface area contributed by atoms with Crippen molar-refractivity contribution < 1.29 is 4.74 Å². The first-order valence-electron chi connectivity index (χ1n) is 6.96. The molecule has 1 atom stereocenters. The number of rotatable bonds is 6.